The summed E-state index contributed by atoms with van der Waals surface area (Å²) in [5.41, 5.74) is 0.542. The number of thiophene rings is 1. The zero-order valence-electron chi connectivity index (χ0n) is 10.5. The van der Waals surface area contributed by atoms with Crippen LogP contribution in [0.1, 0.15) is 22.2 Å². The Morgan fingerprint density at radius 2 is 1.84 bits per heavy atom. The van der Waals surface area contributed by atoms with Crippen molar-refractivity contribution in [3.63, 3.8) is 0 Å². The molecule has 5 heteroatoms. The quantitative estimate of drug-likeness (QED) is 0.636. The summed E-state index contributed by atoms with van der Waals surface area (Å²) in [5.74, 6) is -0.0997. The maximum absolute atomic E-state index is 12.3. The number of ether oxygens (including phenoxy) is 2. The Labute approximate surface area is 114 Å². The van der Waals surface area contributed by atoms with Crippen LogP contribution in [0.3, 0.4) is 0 Å². The molecule has 98 valence electrons. The van der Waals surface area contributed by atoms with Crippen molar-refractivity contribution in [2.24, 2.45) is 0 Å². The maximum Gasteiger partial charge on any atom is 0.308 e. The van der Waals surface area contributed by atoms with Crippen LogP contribution in [0.15, 0.2) is 35.7 Å². The molecule has 0 fully saturated rings. The van der Waals surface area contributed by atoms with Crippen molar-refractivity contribution in [2.45, 2.75) is 6.92 Å². The van der Waals surface area contributed by atoms with Crippen LogP contribution in [-0.2, 0) is 4.79 Å². The van der Waals surface area contributed by atoms with Gasteiger partial charge in [-0.3, -0.25) is 9.59 Å². The van der Waals surface area contributed by atoms with Gasteiger partial charge in [-0.1, -0.05) is 30.3 Å². The van der Waals surface area contributed by atoms with Crippen molar-refractivity contribution < 1.29 is 19.1 Å². The van der Waals surface area contributed by atoms with Gasteiger partial charge in [-0.05, 0) is 0 Å². The van der Waals surface area contributed by atoms with Crippen LogP contribution in [0.2, 0.25) is 0 Å². The normalized spacial score (nSPS) is 10.0. The zero-order chi connectivity index (χ0) is 13.8. The Morgan fingerprint density at radius 1 is 1.16 bits per heavy atom. The fourth-order valence-corrected chi connectivity index (χ4v) is 2.49. The number of carbonyl (C=O) groups is 2. The van der Waals surface area contributed by atoms with Crippen LogP contribution in [0.4, 0.5) is 0 Å². The molecule has 0 spiro atoms. The predicted molar refractivity (Wildman–Crippen MR) is 72.1 cm³/mol. The fourth-order valence-electron chi connectivity index (χ4n) is 1.59. The van der Waals surface area contributed by atoms with Gasteiger partial charge in [0.05, 0.1) is 7.11 Å². The van der Waals surface area contributed by atoms with Crippen molar-refractivity contribution >= 4 is 23.1 Å². The fraction of sp³-hybridized carbons (Fsp3) is 0.143. The summed E-state index contributed by atoms with van der Waals surface area (Å²) in [6.07, 6.45) is 0. The van der Waals surface area contributed by atoms with Crippen LogP contribution in [0.5, 0.6) is 11.5 Å². The average molecular weight is 276 g/mol. The molecule has 2 rings (SSSR count). The van der Waals surface area contributed by atoms with Gasteiger partial charge in [-0.25, -0.2) is 0 Å². The molecule has 0 aliphatic rings. The monoisotopic (exact) mass is 276 g/mol. The first-order valence-corrected chi connectivity index (χ1v) is 6.45. The molecule has 0 unspecified atom stereocenters. The summed E-state index contributed by atoms with van der Waals surface area (Å²) >= 11 is 1.19. The lowest BCUT2D eigenvalue weighted by Crippen LogP contribution is -2.07. The van der Waals surface area contributed by atoms with E-state index in [1.165, 1.54) is 25.4 Å². The van der Waals surface area contributed by atoms with Crippen LogP contribution in [-0.4, -0.2) is 18.9 Å². The minimum Gasteiger partial charge on any atom is -0.492 e. The Morgan fingerprint density at radius 3 is 2.42 bits per heavy atom. The molecule has 0 bridgehead atoms. The molecule has 1 aromatic heterocycles. The summed E-state index contributed by atoms with van der Waals surface area (Å²) in [7, 11) is 1.46. The smallest absolute Gasteiger partial charge is 0.308 e. The molecule has 0 saturated heterocycles. The molecule has 0 N–H and O–H groups in total. The van der Waals surface area contributed by atoms with Crippen molar-refractivity contribution in [3.05, 3.63) is 46.2 Å². The maximum atomic E-state index is 12.3. The largest absolute Gasteiger partial charge is 0.492 e. The van der Waals surface area contributed by atoms with E-state index in [1.54, 1.807) is 29.6 Å². The standard InChI is InChI=1S/C14H12O4S/c1-9(15)18-13-11(17-2)8-19-14(13)12(16)10-6-4-3-5-7-10/h3-8H,1-2H3. The number of hydrogen-bond acceptors (Lipinski definition) is 5. The number of esters is 1. The highest BCUT2D eigenvalue weighted by Crippen LogP contribution is 2.38. The van der Waals surface area contributed by atoms with E-state index in [1.807, 2.05) is 6.07 Å². The summed E-state index contributed by atoms with van der Waals surface area (Å²) < 4.78 is 10.2. The first-order valence-electron chi connectivity index (χ1n) is 5.57. The highest BCUT2D eigenvalue weighted by atomic mass is 32.1. The predicted octanol–water partition coefficient (Wildman–Crippen LogP) is 2.91. The molecular formula is C14H12O4S. The number of rotatable bonds is 4. The van der Waals surface area contributed by atoms with E-state index < -0.39 is 5.97 Å². The van der Waals surface area contributed by atoms with E-state index >= 15 is 0 Å². The van der Waals surface area contributed by atoms with Crippen LogP contribution >= 0.6 is 11.3 Å². The molecule has 19 heavy (non-hydrogen) atoms. The van der Waals surface area contributed by atoms with E-state index in [0.29, 0.717) is 16.2 Å². The van der Waals surface area contributed by atoms with Crippen LogP contribution in [0, 0.1) is 0 Å². The Balaban J connectivity index is 2.42. The van der Waals surface area contributed by atoms with Crippen molar-refractivity contribution in [3.8, 4) is 11.5 Å². The van der Waals surface area contributed by atoms with E-state index in [0.717, 1.165) is 0 Å². The highest BCUT2D eigenvalue weighted by molar-refractivity contribution is 7.13. The van der Waals surface area contributed by atoms with Crippen molar-refractivity contribution in [1.29, 1.82) is 0 Å². The Bertz CT molecular complexity index is 601. The van der Waals surface area contributed by atoms with Gasteiger partial charge in [0.2, 0.25) is 5.78 Å². The van der Waals surface area contributed by atoms with Gasteiger partial charge in [0.25, 0.3) is 0 Å². The second-order valence-electron chi connectivity index (χ2n) is 3.75. The van der Waals surface area contributed by atoms with E-state index in [4.69, 9.17) is 9.47 Å². The topological polar surface area (TPSA) is 52.6 Å². The van der Waals surface area contributed by atoms with Gasteiger partial charge in [-0.15, -0.1) is 11.3 Å². The molecule has 0 aliphatic carbocycles. The lowest BCUT2D eigenvalue weighted by Gasteiger charge is -2.05. The number of carbonyl (C=O) groups excluding carboxylic acids is 2. The molecular weight excluding hydrogens is 264 g/mol. The summed E-state index contributed by atoms with van der Waals surface area (Å²) in [6, 6.07) is 8.82. The van der Waals surface area contributed by atoms with E-state index in [9.17, 15) is 9.59 Å². The van der Waals surface area contributed by atoms with E-state index in [-0.39, 0.29) is 11.5 Å². The number of hydrogen-bond donors (Lipinski definition) is 0. The highest BCUT2D eigenvalue weighted by Gasteiger charge is 2.22. The second-order valence-corrected chi connectivity index (χ2v) is 4.63. The molecule has 4 nitrogen and oxygen atoms in total. The van der Waals surface area contributed by atoms with Crippen LogP contribution < -0.4 is 9.47 Å². The van der Waals surface area contributed by atoms with Gasteiger partial charge in [-0.2, -0.15) is 0 Å². The molecule has 0 amide bonds. The van der Waals surface area contributed by atoms with Gasteiger partial charge in [0.1, 0.15) is 4.88 Å². The third-order valence-corrected chi connectivity index (χ3v) is 3.36. The van der Waals surface area contributed by atoms with Crippen molar-refractivity contribution in [2.75, 3.05) is 7.11 Å². The van der Waals surface area contributed by atoms with E-state index in [2.05, 4.69) is 0 Å². The molecule has 0 aliphatic heterocycles. The third kappa shape index (κ3) is 2.82. The second kappa shape index (κ2) is 5.67. The minimum atomic E-state index is -0.487. The molecule has 1 aromatic carbocycles. The first kappa shape index (κ1) is 13.3. The summed E-state index contributed by atoms with van der Waals surface area (Å²) in [6.45, 7) is 1.29. The Hall–Kier alpha value is -2.14. The molecule has 0 saturated carbocycles. The molecule has 2 aromatic rings. The summed E-state index contributed by atoms with van der Waals surface area (Å²) in [5, 5.41) is 1.65. The molecule has 0 radical (unpaired) electrons. The average Bonchev–Trinajstić information content (AvgIpc) is 2.81. The van der Waals surface area contributed by atoms with Crippen molar-refractivity contribution in [1.82, 2.24) is 0 Å². The minimum absolute atomic E-state index is 0.189. The molecule has 1 heterocycles. The summed E-state index contributed by atoms with van der Waals surface area (Å²) in [4.78, 5) is 23.8. The SMILES string of the molecule is COc1csc(C(=O)c2ccccc2)c1OC(C)=O. The van der Waals surface area contributed by atoms with Crippen LogP contribution in [0.25, 0.3) is 0 Å². The first-order chi connectivity index (χ1) is 9.13. The van der Waals surface area contributed by atoms with Gasteiger partial charge < -0.3 is 9.47 Å². The van der Waals surface area contributed by atoms with Gasteiger partial charge >= 0.3 is 5.97 Å². The zero-order valence-corrected chi connectivity index (χ0v) is 11.3. The molecule has 0 atom stereocenters. The van der Waals surface area contributed by atoms with Gasteiger partial charge in [0, 0.05) is 17.9 Å². The third-order valence-electron chi connectivity index (χ3n) is 2.42. The number of methoxy groups -OCH3 is 1. The lowest BCUT2D eigenvalue weighted by molar-refractivity contribution is -0.131. The van der Waals surface area contributed by atoms with Gasteiger partial charge in [0.15, 0.2) is 11.5 Å². The Kier molecular flexibility index (Phi) is 3.97. The number of ketones is 1. The lowest BCUT2D eigenvalue weighted by atomic mass is 10.1. The number of benzene rings is 1.